The molecule has 0 aliphatic rings. The van der Waals surface area contributed by atoms with Gasteiger partial charge in [-0.25, -0.2) is 0 Å². The van der Waals surface area contributed by atoms with Crippen LogP contribution in [0.5, 0.6) is 0 Å². The molecule has 0 spiro atoms. The number of carbonyl (C=O) groups excluding carboxylic acids is 9. The maximum Gasteiger partial charge on any atom is 2.00 e. The molecular formula is C45H9F54Fe3Na3O18. The predicted octanol–water partition coefficient (Wildman–Crippen LogP) is -0.677. The number of allylic oxidation sites excluding steroid dienone is 18. The minimum Gasteiger partial charge on any atom is -0.869 e. The predicted molar refractivity (Wildman–Crippen MR) is 227 cm³/mol. The van der Waals surface area contributed by atoms with Crippen molar-refractivity contribution in [3.63, 3.8) is 0 Å². The van der Waals surface area contributed by atoms with Crippen molar-refractivity contribution in [2.24, 2.45) is 0 Å². The Balaban J connectivity index is -0.0000000816. The van der Waals surface area contributed by atoms with Crippen LogP contribution < -0.4 is 135 Å². The fourth-order valence-electron chi connectivity index (χ4n) is 2.54. The third kappa shape index (κ3) is 78.9. The molecule has 0 saturated heterocycles. The van der Waals surface area contributed by atoms with E-state index >= 15 is 0 Å². The Bertz CT molecular complexity index is 2890. The van der Waals surface area contributed by atoms with Crippen LogP contribution in [0.25, 0.3) is 0 Å². The van der Waals surface area contributed by atoms with Crippen molar-refractivity contribution in [3.8, 4) is 0 Å². The van der Waals surface area contributed by atoms with Crippen LogP contribution >= 0.6 is 0 Å². The van der Waals surface area contributed by atoms with Crippen LogP contribution in [0.1, 0.15) is 0 Å². The summed E-state index contributed by atoms with van der Waals surface area (Å²) in [6.45, 7) is 0. The molecule has 0 unspecified atom stereocenters. The van der Waals surface area contributed by atoms with E-state index in [1.54, 1.807) is 0 Å². The molecule has 0 saturated carbocycles. The van der Waals surface area contributed by atoms with Crippen LogP contribution in [-0.4, -0.2) is 163 Å². The summed E-state index contributed by atoms with van der Waals surface area (Å²) in [5, 5.41) is 88.4. The second-order valence-electron chi connectivity index (χ2n) is 16.8. The Kier molecular flexibility index (Phi) is 68.9. The summed E-state index contributed by atoms with van der Waals surface area (Å²) in [5.41, 5.74) is 0. The summed E-state index contributed by atoms with van der Waals surface area (Å²) in [4.78, 5) is 88.4. The molecule has 78 heteroatoms. The van der Waals surface area contributed by atoms with Gasteiger partial charge in [-0.1, -0.05) is 0 Å². The van der Waals surface area contributed by atoms with Crippen molar-refractivity contribution in [2.45, 2.75) is 111 Å². The molecule has 0 amide bonds. The van der Waals surface area contributed by atoms with Gasteiger partial charge in [-0.05, 0) is 107 Å². The topological polar surface area (TPSA) is 361 Å². The van der Waals surface area contributed by atoms with Crippen LogP contribution in [0.4, 0.5) is 237 Å². The minimum atomic E-state index is -5.46. The second-order valence-corrected chi connectivity index (χ2v) is 16.8. The Morgan fingerprint density at radius 3 is 0.187 bits per heavy atom. The van der Waals surface area contributed by atoms with Crippen LogP contribution in [0.2, 0.25) is 0 Å². The quantitative estimate of drug-likeness (QED) is 0.119. The first-order valence-electron chi connectivity index (χ1n) is 23.6. The minimum absolute atomic E-state index is 0. The Hall–Kier alpha value is -6.33. The van der Waals surface area contributed by atoms with Gasteiger partial charge in [0.25, 0.3) is 52.0 Å². The average molecular weight is 2100 g/mol. The van der Waals surface area contributed by atoms with Gasteiger partial charge < -0.3 is 46.0 Å². The van der Waals surface area contributed by atoms with E-state index in [0.29, 0.717) is 0 Å². The zero-order valence-electron chi connectivity index (χ0n) is 55.0. The van der Waals surface area contributed by atoms with E-state index in [0.717, 1.165) is 0 Å². The molecule has 0 aliphatic heterocycles. The fraction of sp³-hybridized carbons (Fsp3) is 0.400. The maximum atomic E-state index is 11.3. The molecule has 0 N–H and O–H groups in total. The van der Waals surface area contributed by atoms with Crippen LogP contribution in [0.15, 0.2) is 107 Å². The van der Waals surface area contributed by atoms with Gasteiger partial charge in [0.15, 0.2) is 0 Å². The summed E-state index contributed by atoms with van der Waals surface area (Å²) in [6.07, 6.45) is -107. The largest absolute Gasteiger partial charge is 2.00 e. The van der Waals surface area contributed by atoms with Gasteiger partial charge in [0.2, 0.25) is 0 Å². The van der Waals surface area contributed by atoms with E-state index in [1.807, 2.05) is 0 Å². The average Bonchev–Trinajstić information content (AvgIpc) is 0.915. The standard InChI is InChI=1S/9C5H2F6O2.3Fe.3Na/c9*6-4(7,8)2(12)1-3(13)5(9,10)11;;;;;;/h9*1,12H;;;;;;/q;;;;;;;;;3*+2;3*+1/p-9/b9*2-1-;;;;;;. The molecule has 18 nitrogen and oxygen atoms in total. The summed E-state index contributed by atoms with van der Waals surface area (Å²) < 4.78 is 610. The Morgan fingerprint density at radius 2 is 0.163 bits per heavy atom. The van der Waals surface area contributed by atoms with Gasteiger partial charge in [0.05, 0.1) is 0 Å². The number of alkyl halides is 54. The summed E-state index contributed by atoms with van der Waals surface area (Å²) in [5.74, 6) is -50.8. The number of rotatable bonds is 9. The van der Waals surface area contributed by atoms with Gasteiger partial charge >= 0.3 is 251 Å². The normalized spacial score (nSPS) is 13.8. The first kappa shape index (κ1) is 151. The number of halogens is 54. The molecule has 123 heavy (non-hydrogen) atoms. The van der Waals surface area contributed by atoms with Crippen molar-refractivity contribution in [1.29, 1.82) is 0 Å². The summed E-state index contributed by atoms with van der Waals surface area (Å²) >= 11 is 0. The van der Waals surface area contributed by atoms with Gasteiger partial charge in [0, 0.05) is 0 Å². The van der Waals surface area contributed by atoms with E-state index in [1.165, 1.54) is 0 Å². The van der Waals surface area contributed by atoms with Crippen LogP contribution in [-0.2, 0) is 94.4 Å². The third-order valence-corrected chi connectivity index (χ3v) is 7.39. The van der Waals surface area contributed by atoms with E-state index in [9.17, 15) is 326 Å². The molecule has 0 aromatic rings. The van der Waals surface area contributed by atoms with Crippen molar-refractivity contribution >= 4 is 52.0 Å². The zero-order chi connectivity index (χ0) is 97.8. The number of hydrogen-bond acceptors (Lipinski definition) is 18. The first-order chi connectivity index (χ1) is 49.9. The monoisotopic (exact) mass is 2100 g/mol. The summed E-state index contributed by atoms with van der Waals surface area (Å²) in [6, 6.07) is 0. The molecule has 0 heterocycles. The molecule has 0 radical (unpaired) electrons. The Labute approximate surface area is 731 Å². The SMILES string of the molecule is O=C(/C=C(\[O-])C(F)(F)F)C(F)(F)F.O=C(/C=C(\[O-])C(F)(F)F)C(F)(F)F.O=C(/C=C(\[O-])C(F)(F)F)C(F)(F)F.O=C(/C=C(\[O-])C(F)(F)F)C(F)(F)F.O=C(/C=C(\[O-])C(F)(F)F)C(F)(F)F.O=C(/C=C(\[O-])C(F)(F)F)C(F)(F)F.O=C(/C=C(\[O-])C(F)(F)F)C(F)(F)F.O=C(/C=C(\[O-])C(F)(F)F)C(F)(F)F.O=C(/C=C(\[O-])C(F)(F)F)C(F)(F)F.[Fe+2].[Fe+2].[Fe+2].[Na+].[Na+].[Na+]. The fourth-order valence-corrected chi connectivity index (χ4v) is 2.54. The molecule has 0 aromatic heterocycles. The zero-order valence-corrected chi connectivity index (χ0v) is 64.3. The van der Waals surface area contributed by atoms with E-state index in [4.69, 9.17) is 0 Å². The Morgan fingerprint density at radius 1 is 0.122 bits per heavy atom. The first-order valence-corrected chi connectivity index (χ1v) is 23.6. The molecular weight excluding hydrogens is 2090 g/mol. The smallest absolute Gasteiger partial charge is 0.869 e. The number of ketones is 9. The van der Waals surface area contributed by atoms with E-state index in [-0.39, 0.29) is 140 Å². The van der Waals surface area contributed by atoms with Crippen molar-refractivity contribution < 1.29 is 466 Å². The number of hydrogen-bond donors (Lipinski definition) is 0. The molecule has 0 aliphatic carbocycles. The van der Waals surface area contributed by atoms with Gasteiger partial charge in [-0.2, -0.15) is 237 Å². The molecule has 0 rings (SSSR count). The number of carbonyl (C=O) groups is 9. The van der Waals surface area contributed by atoms with Crippen molar-refractivity contribution in [1.82, 2.24) is 0 Å². The molecule has 0 bridgehead atoms. The van der Waals surface area contributed by atoms with Gasteiger partial charge in [-0.15, -0.1) is 0 Å². The van der Waals surface area contributed by atoms with Gasteiger partial charge in [-0.3, -0.25) is 43.2 Å². The van der Waals surface area contributed by atoms with E-state index in [2.05, 4.69) is 0 Å². The van der Waals surface area contributed by atoms with E-state index < -0.39 is 270 Å². The maximum absolute atomic E-state index is 11.3. The van der Waals surface area contributed by atoms with Crippen molar-refractivity contribution in [3.05, 3.63) is 107 Å². The molecule has 0 aromatic carbocycles. The molecule has 0 atom stereocenters. The summed E-state index contributed by atoms with van der Waals surface area (Å²) in [7, 11) is 0. The van der Waals surface area contributed by atoms with Gasteiger partial charge in [0.1, 0.15) is 0 Å². The van der Waals surface area contributed by atoms with Crippen molar-refractivity contribution in [2.75, 3.05) is 0 Å². The third-order valence-electron chi connectivity index (χ3n) is 7.39. The van der Waals surface area contributed by atoms with Crippen LogP contribution in [0, 0.1) is 0 Å². The molecule has 0 fully saturated rings. The van der Waals surface area contributed by atoms with Crippen LogP contribution in [0.3, 0.4) is 0 Å². The second kappa shape index (κ2) is 56.1. The molecule has 702 valence electrons.